The first kappa shape index (κ1) is 21.0. The summed E-state index contributed by atoms with van der Waals surface area (Å²) in [6.45, 7) is 0.235. The van der Waals surface area contributed by atoms with Gasteiger partial charge in [0.2, 0.25) is 0 Å². The van der Waals surface area contributed by atoms with Crippen LogP contribution in [0.15, 0.2) is 23.3 Å². The van der Waals surface area contributed by atoms with Gasteiger partial charge in [0.15, 0.2) is 0 Å². The molecule has 1 unspecified atom stereocenters. The topological polar surface area (TPSA) is 176 Å². The van der Waals surface area contributed by atoms with Crippen molar-refractivity contribution >= 4 is 11.4 Å². The Labute approximate surface area is 155 Å². The zero-order valence-electron chi connectivity index (χ0n) is 14.6. The monoisotopic (exact) mass is 381 g/mol. The number of aliphatic hydroxyl groups excluding tert-OH is 4. The van der Waals surface area contributed by atoms with Crippen LogP contribution in [0.3, 0.4) is 0 Å². The molecule has 0 radical (unpaired) electrons. The Morgan fingerprint density at radius 1 is 1.30 bits per heavy atom. The minimum Gasteiger partial charge on any atom is -0.395 e. The van der Waals surface area contributed by atoms with E-state index in [1.54, 1.807) is 11.0 Å². The lowest BCUT2D eigenvalue weighted by Gasteiger charge is -2.43. The molecule has 1 heterocycles. The highest BCUT2D eigenvalue weighted by Gasteiger charge is 2.40. The Hall–Kier alpha value is -2.27. The van der Waals surface area contributed by atoms with Crippen LogP contribution in [0.2, 0.25) is 0 Å². The summed E-state index contributed by atoms with van der Waals surface area (Å²) in [6.07, 6.45) is -1.99. The van der Waals surface area contributed by atoms with Crippen LogP contribution in [0, 0.1) is 10.1 Å². The van der Waals surface area contributed by atoms with Crippen LogP contribution < -0.4 is 0 Å². The summed E-state index contributed by atoms with van der Waals surface area (Å²) in [5.74, 6) is 0. The van der Waals surface area contributed by atoms with Crippen molar-refractivity contribution in [2.45, 2.75) is 43.6 Å². The molecular weight excluding hydrogens is 358 g/mol. The number of benzene rings is 1. The molecule has 1 aliphatic rings. The molecule has 0 saturated carbocycles. The van der Waals surface area contributed by atoms with Crippen LogP contribution in [0.5, 0.6) is 0 Å². The van der Waals surface area contributed by atoms with Crippen LogP contribution in [0.4, 0.5) is 11.4 Å². The molecule has 0 spiro atoms. The molecule has 1 aromatic rings. The van der Waals surface area contributed by atoms with Crippen molar-refractivity contribution in [1.29, 1.82) is 0 Å². The number of azide groups is 1. The van der Waals surface area contributed by atoms with Gasteiger partial charge in [-0.25, -0.2) is 0 Å². The third kappa shape index (κ3) is 5.13. The minimum absolute atomic E-state index is 0.111. The molecule has 0 aliphatic carbocycles. The Morgan fingerprint density at radius 2 is 2.04 bits per heavy atom. The normalized spacial score (nSPS) is 25.8. The molecule has 11 nitrogen and oxygen atoms in total. The molecule has 4 atom stereocenters. The maximum atomic E-state index is 11.2. The number of unbranched alkanes of at least 4 members (excludes halogenated alkanes) is 1. The third-order valence-electron chi connectivity index (χ3n) is 4.78. The summed E-state index contributed by atoms with van der Waals surface area (Å²) in [7, 11) is 0. The van der Waals surface area contributed by atoms with E-state index in [1.165, 1.54) is 12.1 Å². The first-order valence-electron chi connectivity index (χ1n) is 8.60. The zero-order chi connectivity index (χ0) is 20.0. The fourth-order valence-electron chi connectivity index (χ4n) is 3.31. The van der Waals surface area contributed by atoms with Crippen molar-refractivity contribution < 1.29 is 25.3 Å². The molecule has 0 aromatic heterocycles. The van der Waals surface area contributed by atoms with E-state index < -0.39 is 29.3 Å². The number of aliphatic hydroxyl groups is 4. The van der Waals surface area contributed by atoms with Gasteiger partial charge in [-0.15, -0.1) is 0 Å². The fourth-order valence-corrected chi connectivity index (χ4v) is 3.31. The number of nitrogens with zero attached hydrogens (tertiary/aromatic N) is 5. The highest BCUT2D eigenvalue weighted by molar-refractivity contribution is 5.52. The van der Waals surface area contributed by atoms with Gasteiger partial charge in [0.05, 0.1) is 23.7 Å². The van der Waals surface area contributed by atoms with Crippen LogP contribution in [0.25, 0.3) is 10.4 Å². The molecule has 27 heavy (non-hydrogen) atoms. The molecule has 1 aromatic carbocycles. The number of β-amino-alcohol motifs (C(OH)–C–C–N with tert-alkyl or cyclic N) is 1. The number of likely N-dealkylation sites (tertiary alicyclic amines) is 1. The zero-order valence-corrected chi connectivity index (χ0v) is 14.6. The smallest absolute Gasteiger partial charge is 0.273 e. The molecule has 1 saturated heterocycles. The van der Waals surface area contributed by atoms with E-state index in [1.807, 2.05) is 0 Å². The first-order chi connectivity index (χ1) is 12.9. The second-order valence-corrected chi connectivity index (χ2v) is 6.51. The summed E-state index contributed by atoms with van der Waals surface area (Å²) < 4.78 is 0. The first-order valence-corrected chi connectivity index (χ1v) is 8.60. The van der Waals surface area contributed by atoms with Crippen LogP contribution in [0.1, 0.15) is 18.4 Å². The van der Waals surface area contributed by atoms with Crippen molar-refractivity contribution in [2.24, 2.45) is 5.11 Å². The van der Waals surface area contributed by atoms with Crippen molar-refractivity contribution in [1.82, 2.24) is 4.90 Å². The Kier molecular flexibility index (Phi) is 7.48. The number of nitro groups is 1. The average Bonchev–Trinajstić information content (AvgIpc) is 2.64. The molecule has 1 aliphatic heterocycles. The van der Waals surface area contributed by atoms with Crippen LogP contribution >= 0.6 is 0 Å². The largest absolute Gasteiger partial charge is 0.395 e. The number of rotatable bonds is 8. The molecule has 4 N–H and O–H groups in total. The fraction of sp³-hybridized carbons (Fsp3) is 0.625. The highest BCUT2D eigenvalue weighted by atomic mass is 16.6. The number of hydrogen-bond donors (Lipinski definition) is 4. The van der Waals surface area contributed by atoms with Crippen molar-refractivity contribution in [3.63, 3.8) is 0 Å². The highest BCUT2D eigenvalue weighted by Crippen LogP contribution is 2.27. The SMILES string of the molecule is [N-]=[N+]=Nc1ccc(CCCCN2C[C@H](O)C(O)[C@H](O)[C@H]2CO)c([N+](=O)[O-])c1. The lowest BCUT2D eigenvalue weighted by atomic mass is 9.94. The summed E-state index contributed by atoms with van der Waals surface area (Å²) >= 11 is 0. The Bertz CT molecular complexity index is 711. The van der Waals surface area contributed by atoms with Crippen LogP contribution in [-0.4, -0.2) is 74.3 Å². The van der Waals surface area contributed by atoms with Gasteiger partial charge in [0.25, 0.3) is 5.69 Å². The second kappa shape index (κ2) is 9.60. The van der Waals surface area contributed by atoms with E-state index in [0.717, 1.165) is 0 Å². The molecule has 2 rings (SSSR count). The van der Waals surface area contributed by atoms with E-state index in [4.69, 9.17) is 5.53 Å². The Morgan fingerprint density at radius 3 is 2.67 bits per heavy atom. The van der Waals surface area contributed by atoms with Crippen LogP contribution in [-0.2, 0) is 6.42 Å². The summed E-state index contributed by atoms with van der Waals surface area (Å²) in [4.78, 5) is 15.0. The predicted octanol–water partition coefficient (Wildman–Crippen LogP) is 0.618. The summed E-state index contributed by atoms with van der Waals surface area (Å²) in [6, 6.07) is 3.64. The summed E-state index contributed by atoms with van der Waals surface area (Å²) in [5.41, 5.74) is 9.01. The molecule has 0 bridgehead atoms. The number of piperidine rings is 1. The van der Waals surface area contributed by atoms with E-state index in [0.29, 0.717) is 31.4 Å². The number of nitro benzene ring substituents is 1. The van der Waals surface area contributed by atoms with Gasteiger partial charge in [-0.05, 0) is 31.3 Å². The number of aryl methyl sites for hydroxylation is 1. The maximum Gasteiger partial charge on any atom is 0.273 e. The minimum atomic E-state index is -1.30. The standard InChI is InChI=1S/C16H23N5O6/c17-19-18-11-5-4-10(12(7-11)21(26)27)3-1-2-6-20-8-14(23)16(25)15(24)13(20)9-22/h4-5,7,13-16,22-25H,1-3,6,8-9H2/t13-,14+,15-,16?/m1/s1. The van der Waals surface area contributed by atoms with Gasteiger partial charge >= 0.3 is 0 Å². The lowest BCUT2D eigenvalue weighted by molar-refractivity contribution is -0.385. The second-order valence-electron chi connectivity index (χ2n) is 6.51. The van der Waals surface area contributed by atoms with Gasteiger partial charge in [0.1, 0.15) is 12.2 Å². The maximum absolute atomic E-state index is 11.2. The lowest BCUT2D eigenvalue weighted by Crippen LogP contribution is -2.62. The molecule has 0 amide bonds. The van der Waals surface area contributed by atoms with Crippen molar-refractivity contribution in [2.75, 3.05) is 19.7 Å². The Balaban J connectivity index is 1.94. The van der Waals surface area contributed by atoms with E-state index >= 15 is 0 Å². The molecule has 148 valence electrons. The van der Waals surface area contributed by atoms with Gasteiger partial charge in [-0.3, -0.25) is 15.0 Å². The van der Waals surface area contributed by atoms with Gasteiger partial charge < -0.3 is 20.4 Å². The van der Waals surface area contributed by atoms with E-state index in [-0.39, 0.29) is 24.5 Å². The number of hydrogen-bond acceptors (Lipinski definition) is 8. The van der Waals surface area contributed by atoms with E-state index in [9.17, 15) is 30.5 Å². The average molecular weight is 381 g/mol. The van der Waals surface area contributed by atoms with Gasteiger partial charge in [-0.1, -0.05) is 17.2 Å². The molecule has 11 heteroatoms. The predicted molar refractivity (Wildman–Crippen MR) is 95.3 cm³/mol. The van der Waals surface area contributed by atoms with Crippen molar-refractivity contribution in [3.8, 4) is 0 Å². The third-order valence-corrected chi connectivity index (χ3v) is 4.78. The van der Waals surface area contributed by atoms with Gasteiger partial charge in [-0.2, -0.15) is 0 Å². The summed E-state index contributed by atoms with van der Waals surface area (Å²) in [5, 5.41) is 53.4. The van der Waals surface area contributed by atoms with Crippen molar-refractivity contribution in [3.05, 3.63) is 44.3 Å². The van der Waals surface area contributed by atoms with E-state index in [2.05, 4.69) is 10.0 Å². The quantitative estimate of drug-likeness (QED) is 0.127. The van der Waals surface area contributed by atoms with Gasteiger partial charge in [0, 0.05) is 28.8 Å². The molecular formula is C16H23N5O6. The molecule has 1 fully saturated rings.